The fourth-order valence-corrected chi connectivity index (χ4v) is 3.82. The van der Waals surface area contributed by atoms with Crippen LogP contribution in [0, 0.1) is 6.92 Å². The van der Waals surface area contributed by atoms with Gasteiger partial charge >= 0.3 is 12.3 Å². The molecular weight excluding hydrogens is 469 g/mol. The van der Waals surface area contributed by atoms with E-state index in [0.29, 0.717) is 11.5 Å². The molecule has 0 atom stereocenters. The van der Waals surface area contributed by atoms with Gasteiger partial charge in [0.05, 0.1) is 7.11 Å². The Hall–Kier alpha value is -3.33. The fraction of sp³-hybridized carbons (Fsp3) is 0.240. The molecule has 3 rings (SSSR count). The van der Waals surface area contributed by atoms with Crippen molar-refractivity contribution in [2.24, 2.45) is 0 Å². The van der Waals surface area contributed by atoms with Gasteiger partial charge in [0.25, 0.3) is 0 Å². The number of aryl methyl sites for hydroxylation is 1. The minimum Gasteiger partial charge on any atom is -0.489 e. The predicted octanol–water partition coefficient (Wildman–Crippen LogP) is 6.32. The van der Waals surface area contributed by atoms with Gasteiger partial charge in [-0.05, 0) is 66.1 Å². The Morgan fingerprint density at radius 2 is 1.53 bits per heavy atom. The number of hydrogen-bond donors (Lipinski definition) is 0. The third-order valence-corrected chi connectivity index (χ3v) is 5.68. The van der Waals surface area contributed by atoms with Crippen LogP contribution in [0.1, 0.15) is 16.7 Å². The van der Waals surface area contributed by atoms with Crippen LogP contribution in [0.3, 0.4) is 0 Å². The number of hydrogen-bond acceptors (Lipinski definition) is 6. The highest BCUT2D eigenvalue weighted by Crippen LogP contribution is 2.29. The normalized spacial score (nSPS) is 11.1. The average Bonchev–Trinajstić information content (AvgIpc) is 2.81. The van der Waals surface area contributed by atoms with Crippen molar-refractivity contribution < 1.29 is 36.9 Å². The molecule has 0 bridgehead atoms. The van der Waals surface area contributed by atoms with Crippen molar-refractivity contribution in [2.45, 2.75) is 30.5 Å². The van der Waals surface area contributed by atoms with E-state index in [4.69, 9.17) is 9.47 Å². The van der Waals surface area contributed by atoms with E-state index in [1.54, 1.807) is 11.8 Å². The van der Waals surface area contributed by atoms with Crippen molar-refractivity contribution in [3.8, 4) is 17.2 Å². The first-order valence-corrected chi connectivity index (χ1v) is 11.2. The van der Waals surface area contributed by atoms with Crippen LogP contribution in [0.4, 0.5) is 13.2 Å². The summed E-state index contributed by atoms with van der Waals surface area (Å²) in [5.74, 6) is 1.35. The molecule has 0 saturated carbocycles. The summed E-state index contributed by atoms with van der Waals surface area (Å²) in [6.07, 6.45) is -4.71. The van der Waals surface area contributed by atoms with Crippen molar-refractivity contribution in [1.82, 2.24) is 0 Å². The zero-order chi connectivity index (χ0) is 24.6. The second kappa shape index (κ2) is 11.7. The van der Waals surface area contributed by atoms with Gasteiger partial charge in [-0.3, -0.25) is 0 Å². The second-order valence-electron chi connectivity index (χ2n) is 7.21. The van der Waals surface area contributed by atoms with Gasteiger partial charge in [-0.2, -0.15) is 0 Å². The standard InChI is InChI=1S/C25H23F3O5S/c1-17-13-22(11-12-23(17)32-15-24(29)30-2)34-16-19-5-7-20(8-6-19)31-14-18-3-9-21(10-4-18)33-25(26,27)28/h3-13H,14-16H2,1-2H3. The maximum Gasteiger partial charge on any atom is 0.573 e. The molecule has 180 valence electrons. The van der Waals surface area contributed by atoms with E-state index in [-0.39, 0.29) is 19.0 Å². The number of ether oxygens (including phenoxy) is 4. The minimum atomic E-state index is -4.71. The minimum absolute atomic E-state index is 0.129. The summed E-state index contributed by atoms with van der Waals surface area (Å²) in [5.41, 5.74) is 2.76. The van der Waals surface area contributed by atoms with Crippen LogP contribution in [0.25, 0.3) is 0 Å². The summed E-state index contributed by atoms with van der Waals surface area (Å²) in [6.45, 7) is 2.01. The number of methoxy groups -OCH3 is 1. The number of esters is 1. The summed E-state index contributed by atoms with van der Waals surface area (Å²) >= 11 is 1.67. The lowest BCUT2D eigenvalue weighted by Crippen LogP contribution is -2.17. The average molecular weight is 493 g/mol. The Balaban J connectivity index is 1.46. The van der Waals surface area contributed by atoms with Crippen molar-refractivity contribution >= 4 is 17.7 Å². The first kappa shape index (κ1) is 25.3. The fourth-order valence-electron chi connectivity index (χ4n) is 2.87. The second-order valence-corrected chi connectivity index (χ2v) is 8.25. The lowest BCUT2D eigenvalue weighted by Gasteiger charge is -2.11. The number of alkyl halides is 3. The molecule has 0 unspecified atom stereocenters. The molecule has 0 N–H and O–H groups in total. The van der Waals surface area contributed by atoms with Crippen LogP contribution < -0.4 is 14.2 Å². The predicted molar refractivity (Wildman–Crippen MR) is 122 cm³/mol. The van der Waals surface area contributed by atoms with Crippen LogP contribution in [-0.2, 0) is 21.9 Å². The molecule has 5 nitrogen and oxygen atoms in total. The smallest absolute Gasteiger partial charge is 0.489 e. The summed E-state index contributed by atoms with van der Waals surface area (Å²) in [7, 11) is 1.32. The third-order valence-electron chi connectivity index (χ3n) is 4.61. The molecule has 0 saturated heterocycles. The Bertz CT molecular complexity index is 1080. The van der Waals surface area contributed by atoms with E-state index in [0.717, 1.165) is 27.3 Å². The number of thioether (sulfide) groups is 1. The van der Waals surface area contributed by atoms with Gasteiger partial charge in [0, 0.05) is 10.6 Å². The third kappa shape index (κ3) is 8.22. The van der Waals surface area contributed by atoms with Crippen LogP contribution in [0.15, 0.2) is 71.6 Å². The summed E-state index contributed by atoms with van der Waals surface area (Å²) in [4.78, 5) is 12.3. The van der Waals surface area contributed by atoms with Crippen LogP contribution in [0.2, 0.25) is 0 Å². The molecule has 0 spiro atoms. The molecule has 0 aliphatic rings. The Morgan fingerprint density at radius 3 is 2.15 bits per heavy atom. The summed E-state index contributed by atoms with van der Waals surface area (Å²) in [6, 6.07) is 19.0. The molecule has 0 fully saturated rings. The lowest BCUT2D eigenvalue weighted by molar-refractivity contribution is -0.274. The molecule has 0 amide bonds. The van der Waals surface area contributed by atoms with Crippen LogP contribution >= 0.6 is 11.8 Å². The van der Waals surface area contributed by atoms with Gasteiger partial charge in [0.2, 0.25) is 0 Å². The number of benzene rings is 3. The molecule has 3 aromatic rings. The molecule has 0 heterocycles. The van der Waals surface area contributed by atoms with Crippen molar-refractivity contribution in [2.75, 3.05) is 13.7 Å². The monoisotopic (exact) mass is 492 g/mol. The molecule has 3 aromatic carbocycles. The Kier molecular flexibility index (Phi) is 8.70. The molecule has 0 aromatic heterocycles. The highest BCUT2D eigenvalue weighted by molar-refractivity contribution is 7.98. The topological polar surface area (TPSA) is 54.0 Å². The van der Waals surface area contributed by atoms with Crippen molar-refractivity contribution in [3.05, 3.63) is 83.4 Å². The van der Waals surface area contributed by atoms with E-state index in [1.165, 1.54) is 31.4 Å². The summed E-state index contributed by atoms with van der Waals surface area (Å²) in [5, 5.41) is 0. The van der Waals surface area contributed by atoms with E-state index in [1.807, 2.05) is 49.4 Å². The zero-order valence-electron chi connectivity index (χ0n) is 18.6. The van der Waals surface area contributed by atoms with E-state index < -0.39 is 12.3 Å². The highest BCUT2D eigenvalue weighted by Gasteiger charge is 2.30. The lowest BCUT2D eigenvalue weighted by atomic mass is 10.2. The summed E-state index contributed by atoms with van der Waals surface area (Å²) < 4.78 is 56.3. The quantitative estimate of drug-likeness (QED) is 0.244. The van der Waals surface area contributed by atoms with Gasteiger partial charge in [-0.15, -0.1) is 24.9 Å². The van der Waals surface area contributed by atoms with Gasteiger partial charge in [-0.25, -0.2) is 4.79 Å². The van der Waals surface area contributed by atoms with Gasteiger partial charge < -0.3 is 18.9 Å². The molecule has 9 heteroatoms. The van der Waals surface area contributed by atoms with E-state index in [2.05, 4.69) is 9.47 Å². The molecule has 0 aliphatic carbocycles. The molecular formula is C25H23F3O5S. The number of rotatable bonds is 10. The van der Waals surface area contributed by atoms with Gasteiger partial charge in [0.1, 0.15) is 23.9 Å². The van der Waals surface area contributed by atoms with Gasteiger partial charge in [0.15, 0.2) is 6.61 Å². The van der Waals surface area contributed by atoms with Gasteiger partial charge in [-0.1, -0.05) is 24.3 Å². The SMILES string of the molecule is COC(=O)COc1ccc(SCc2ccc(OCc3ccc(OC(F)(F)F)cc3)cc2)cc1C. The zero-order valence-corrected chi connectivity index (χ0v) is 19.4. The van der Waals surface area contributed by atoms with Crippen LogP contribution in [0.5, 0.6) is 17.2 Å². The highest BCUT2D eigenvalue weighted by atomic mass is 32.2. The van der Waals surface area contributed by atoms with Crippen LogP contribution in [-0.4, -0.2) is 26.0 Å². The maximum absolute atomic E-state index is 12.2. The maximum atomic E-state index is 12.2. The first-order valence-electron chi connectivity index (χ1n) is 10.2. The number of halogens is 3. The molecule has 0 radical (unpaired) electrons. The Labute approximate surface area is 199 Å². The van der Waals surface area contributed by atoms with Crippen molar-refractivity contribution in [1.29, 1.82) is 0 Å². The first-order chi connectivity index (χ1) is 16.2. The largest absolute Gasteiger partial charge is 0.573 e. The molecule has 34 heavy (non-hydrogen) atoms. The Morgan fingerprint density at radius 1 is 0.882 bits per heavy atom. The van der Waals surface area contributed by atoms with Crippen molar-refractivity contribution in [3.63, 3.8) is 0 Å². The number of carbonyl (C=O) groups excluding carboxylic acids is 1. The van der Waals surface area contributed by atoms with E-state index >= 15 is 0 Å². The number of carbonyl (C=O) groups is 1. The van der Waals surface area contributed by atoms with E-state index in [9.17, 15) is 18.0 Å². The molecule has 0 aliphatic heterocycles.